The second-order valence-electron chi connectivity index (χ2n) is 10.5. The van der Waals surface area contributed by atoms with Gasteiger partial charge < -0.3 is 25.0 Å². The summed E-state index contributed by atoms with van der Waals surface area (Å²) in [6, 6.07) is 29.2. The summed E-state index contributed by atoms with van der Waals surface area (Å²) >= 11 is 0. The molecule has 0 saturated heterocycles. The summed E-state index contributed by atoms with van der Waals surface area (Å²) in [5.74, 6) is -0.364. The molecule has 0 aliphatic rings. The molecule has 0 amide bonds. The molecule has 6 nitrogen and oxygen atoms in total. The van der Waals surface area contributed by atoms with E-state index in [4.69, 9.17) is 9.47 Å². The molecule has 0 bridgehead atoms. The topological polar surface area (TPSA) is 88.0 Å². The molecule has 1 unspecified atom stereocenters. The average Bonchev–Trinajstić information content (AvgIpc) is 2.93. The molecule has 2 atom stereocenters. The molecule has 4 aromatic rings. The second-order valence-corrected chi connectivity index (χ2v) is 10.5. The van der Waals surface area contributed by atoms with E-state index in [-0.39, 0.29) is 30.4 Å². The number of hydrogen-bond acceptors (Lipinski definition) is 5. The van der Waals surface area contributed by atoms with Crippen molar-refractivity contribution in [2.24, 2.45) is 0 Å². The lowest BCUT2D eigenvalue weighted by Gasteiger charge is -2.28. The number of carboxylic acids is 1. The number of aliphatic hydroxyl groups is 1. The summed E-state index contributed by atoms with van der Waals surface area (Å²) < 4.78 is 12.0. The molecule has 3 N–H and O–H groups in total. The highest BCUT2D eigenvalue weighted by atomic mass is 16.5. The van der Waals surface area contributed by atoms with Crippen LogP contribution in [0.1, 0.15) is 53.9 Å². The van der Waals surface area contributed by atoms with Crippen LogP contribution in [0.2, 0.25) is 0 Å². The fourth-order valence-corrected chi connectivity index (χ4v) is 4.68. The highest BCUT2D eigenvalue weighted by Gasteiger charge is 2.21. The molecule has 6 heteroatoms. The van der Waals surface area contributed by atoms with Crippen LogP contribution in [0.15, 0.2) is 91.0 Å². The summed E-state index contributed by atoms with van der Waals surface area (Å²) in [6.45, 7) is 6.87. The smallest absolute Gasteiger partial charge is 0.336 e. The minimum Gasteiger partial charge on any atom is -0.488 e. The maximum Gasteiger partial charge on any atom is 0.336 e. The first-order chi connectivity index (χ1) is 18.7. The monoisotopic (exact) mass is 527 g/mol. The van der Waals surface area contributed by atoms with Crippen molar-refractivity contribution in [3.8, 4) is 5.75 Å². The maximum absolute atomic E-state index is 11.5. The molecule has 0 radical (unpaired) electrons. The van der Waals surface area contributed by atoms with Crippen LogP contribution in [0.25, 0.3) is 10.8 Å². The lowest BCUT2D eigenvalue weighted by molar-refractivity contribution is -0.00520. The van der Waals surface area contributed by atoms with E-state index in [2.05, 4.69) is 55.6 Å². The van der Waals surface area contributed by atoms with Gasteiger partial charge in [0.1, 0.15) is 12.4 Å². The fourth-order valence-electron chi connectivity index (χ4n) is 4.68. The highest BCUT2D eigenvalue weighted by molar-refractivity contribution is 5.89. The Morgan fingerprint density at radius 2 is 1.62 bits per heavy atom. The first-order valence-electron chi connectivity index (χ1n) is 13.3. The van der Waals surface area contributed by atoms with E-state index in [0.717, 1.165) is 12.0 Å². The SMILES string of the molecule is CC(OC[C@@H](O)CNC(C)(C)Cc1ccc2ccccc2c1)c1ccccc1OCc1ccccc1C(=O)O. The van der Waals surface area contributed by atoms with Crippen molar-refractivity contribution in [1.29, 1.82) is 0 Å². The molecule has 0 heterocycles. The largest absolute Gasteiger partial charge is 0.488 e. The molecular formula is C33H37NO5. The van der Waals surface area contributed by atoms with Gasteiger partial charge in [0.25, 0.3) is 0 Å². The number of β-amino-alcohol motifs (C(OH)–C–C–N with tert-alkyl or cyclic N) is 1. The number of carboxylic acid groups (broad SMARTS) is 1. The number of aliphatic hydroxyl groups excluding tert-OH is 1. The van der Waals surface area contributed by atoms with E-state index >= 15 is 0 Å². The van der Waals surface area contributed by atoms with Crippen LogP contribution in [0.5, 0.6) is 5.75 Å². The number of para-hydroxylation sites is 1. The first kappa shape index (κ1) is 28.3. The zero-order valence-electron chi connectivity index (χ0n) is 22.8. The van der Waals surface area contributed by atoms with Crippen LogP contribution >= 0.6 is 0 Å². The normalized spacial score (nSPS) is 13.2. The van der Waals surface area contributed by atoms with E-state index in [9.17, 15) is 15.0 Å². The highest BCUT2D eigenvalue weighted by Crippen LogP contribution is 2.28. The Balaban J connectivity index is 1.28. The van der Waals surface area contributed by atoms with Gasteiger partial charge in [0, 0.05) is 23.2 Å². The summed E-state index contributed by atoms with van der Waals surface area (Å²) in [5.41, 5.74) is 2.69. The Morgan fingerprint density at radius 1 is 0.923 bits per heavy atom. The third-order valence-electron chi connectivity index (χ3n) is 6.80. The lowest BCUT2D eigenvalue weighted by atomic mass is 9.93. The van der Waals surface area contributed by atoms with Crippen molar-refractivity contribution in [3.63, 3.8) is 0 Å². The van der Waals surface area contributed by atoms with Gasteiger partial charge in [-0.15, -0.1) is 0 Å². The van der Waals surface area contributed by atoms with E-state index in [0.29, 0.717) is 17.9 Å². The third-order valence-corrected chi connectivity index (χ3v) is 6.80. The Labute approximate surface area is 230 Å². The van der Waals surface area contributed by atoms with Crippen molar-refractivity contribution < 1.29 is 24.5 Å². The summed E-state index contributed by atoms with van der Waals surface area (Å²) in [5, 5.41) is 26.0. The van der Waals surface area contributed by atoms with Crippen LogP contribution < -0.4 is 10.1 Å². The van der Waals surface area contributed by atoms with E-state index < -0.39 is 12.1 Å². The molecule has 0 aromatic heterocycles. The Hall–Kier alpha value is -3.71. The molecule has 4 aromatic carbocycles. The standard InChI is InChI=1S/C33H37NO5/c1-23(29-13-8-9-15-31(29)39-21-27-12-6-7-14-30(27)32(36)37)38-22-28(35)20-34-33(2,3)19-24-16-17-25-10-4-5-11-26(25)18-24/h4-18,23,28,34-35H,19-22H2,1-3H3,(H,36,37)/t23?,28-/m0/s1. The lowest BCUT2D eigenvalue weighted by Crippen LogP contribution is -2.46. The predicted molar refractivity (Wildman–Crippen MR) is 154 cm³/mol. The van der Waals surface area contributed by atoms with Crippen molar-refractivity contribution in [2.75, 3.05) is 13.2 Å². The van der Waals surface area contributed by atoms with Crippen LogP contribution in [0.4, 0.5) is 0 Å². The van der Waals surface area contributed by atoms with Crippen LogP contribution in [-0.4, -0.2) is 41.0 Å². The van der Waals surface area contributed by atoms with Crippen molar-refractivity contribution in [3.05, 3.63) is 113 Å². The van der Waals surface area contributed by atoms with E-state index in [1.807, 2.05) is 37.3 Å². The van der Waals surface area contributed by atoms with Crippen molar-refractivity contribution >= 4 is 16.7 Å². The number of fused-ring (bicyclic) bond motifs is 1. The molecule has 0 spiro atoms. The number of aromatic carboxylic acids is 1. The maximum atomic E-state index is 11.5. The van der Waals surface area contributed by atoms with Gasteiger partial charge in [0.15, 0.2) is 0 Å². The fraction of sp³-hybridized carbons (Fsp3) is 0.303. The molecule has 204 valence electrons. The summed E-state index contributed by atoms with van der Waals surface area (Å²) in [4.78, 5) is 11.5. The van der Waals surface area contributed by atoms with Crippen molar-refractivity contribution in [1.82, 2.24) is 5.32 Å². The average molecular weight is 528 g/mol. The van der Waals surface area contributed by atoms with Gasteiger partial charge in [-0.3, -0.25) is 0 Å². The zero-order chi connectivity index (χ0) is 27.8. The van der Waals surface area contributed by atoms with Gasteiger partial charge in [-0.1, -0.05) is 78.9 Å². The van der Waals surface area contributed by atoms with E-state index in [1.165, 1.54) is 16.3 Å². The predicted octanol–water partition coefficient (Wildman–Crippen LogP) is 6.17. The molecule has 0 aliphatic heterocycles. The van der Waals surface area contributed by atoms with Gasteiger partial charge in [-0.2, -0.15) is 0 Å². The van der Waals surface area contributed by atoms with Gasteiger partial charge >= 0.3 is 5.97 Å². The molecule has 0 aliphatic carbocycles. The quantitative estimate of drug-likeness (QED) is 0.193. The molecular weight excluding hydrogens is 490 g/mol. The van der Waals surface area contributed by atoms with Gasteiger partial charge in [-0.25, -0.2) is 4.79 Å². The van der Waals surface area contributed by atoms with Gasteiger partial charge in [0.2, 0.25) is 0 Å². The summed E-state index contributed by atoms with van der Waals surface area (Å²) in [7, 11) is 0. The Kier molecular flexibility index (Phi) is 9.36. The minimum atomic E-state index is -0.984. The second kappa shape index (κ2) is 12.9. The van der Waals surface area contributed by atoms with Gasteiger partial charge in [0.05, 0.1) is 24.4 Å². The number of nitrogens with one attached hydrogen (secondary N) is 1. The Bertz CT molecular complexity index is 1400. The third kappa shape index (κ3) is 7.90. The molecule has 0 fully saturated rings. The van der Waals surface area contributed by atoms with E-state index in [1.54, 1.807) is 24.3 Å². The number of carbonyl (C=O) groups is 1. The molecule has 0 saturated carbocycles. The minimum absolute atomic E-state index is 0.130. The first-order valence-corrected chi connectivity index (χ1v) is 13.3. The molecule has 39 heavy (non-hydrogen) atoms. The van der Waals surface area contributed by atoms with Crippen molar-refractivity contribution in [2.45, 2.75) is 51.5 Å². The molecule has 4 rings (SSSR count). The number of hydrogen-bond donors (Lipinski definition) is 3. The van der Waals surface area contributed by atoms with Gasteiger partial charge in [-0.05, 0) is 55.7 Å². The van der Waals surface area contributed by atoms with Crippen LogP contribution in [0, 0.1) is 0 Å². The number of ether oxygens (including phenoxy) is 2. The van der Waals surface area contributed by atoms with Crippen LogP contribution in [-0.2, 0) is 17.8 Å². The number of rotatable bonds is 13. The van der Waals surface area contributed by atoms with Crippen LogP contribution in [0.3, 0.4) is 0 Å². The summed E-state index contributed by atoms with van der Waals surface area (Å²) in [6.07, 6.45) is -0.174. The number of benzene rings is 4. The zero-order valence-corrected chi connectivity index (χ0v) is 22.8. The Morgan fingerprint density at radius 3 is 2.41 bits per heavy atom.